The number of carbonyl (C=O) groups is 3. The molecule has 2 aromatic heterocycles. The Kier molecular flexibility index (Phi) is 9.83. The van der Waals surface area contributed by atoms with E-state index >= 15 is 0 Å². The van der Waals surface area contributed by atoms with Gasteiger partial charge in [0, 0.05) is 34.4 Å². The largest absolute Gasteiger partial charge is 0.493 e. The van der Waals surface area contributed by atoms with Crippen LogP contribution in [0.2, 0.25) is 0 Å². The summed E-state index contributed by atoms with van der Waals surface area (Å²) < 4.78 is 35.5. The van der Waals surface area contributed by atoms with Gasteiger partial charge in [-0.1, -0.05) is 0 Å². The molecule has 230 valence electrons. The fourth-order valence-electron chi connectivity index (χ4n) is 4.17. The summed E-state index contributed by atoms with van der Waals surface area (Å²) in [5.41, 5.74) is -1.17. The number of ketones is 2. The molecule has 0 aliphatic rings. The molecule has 0 spiro atoms. The van der Waals surface area contributed by atoms with Crippen molar-refractivity contribution in [3.8, 4) is 23.0 Å². The van der Waals surface area contributed by atoms with E-state index in [1.54, 1.807) is 36.4 Å². The highest BCUT2D eigenvalue weighted by atomic mass is 32.1. The number of benzene rings is 2. The molecule has 0 amide bonds. The van der Waals surface area contributed by atoms with Crippen LogP contribution < -0.4 is 18.9 Å². The molecule has 11 nitrogen and oxygen atoms in total. The predicted octanol–water partition coefficient (Wildman–Crippen LogP) is 6.03. The smallest absolute Gasteiger partial charge is 0.333 e. The minimum Gasteiger partial charge on any atom is -0.493 e. The van der Waals surface area contributed by atoms with Crippen LogP contribution in [0, 0.1) is 5.41 Å². The van der Waals surface area contributed by atoms with Crippen molar-refractivity contribution in [3.63, 3.8) is 0 Å². The highest BCUT2D eigenvalue weighted by Crippen LogP contribution is 2.40. The van der Waals surface area contributed by atoms with Crippen LogP contribution >= 0.6 is 30.3 Å². The maximum atomic E-state index is 12.8. The molecule has 0 aliphatic carbocycles. The molecule has 0 aliphatic heterocycles. The zero-order chi connectivity index (χ0) is 31.5. The topological polar surface area (TPSA) is 166 Å². The Bertz CT molecular complexity index is 1730. The number of methoxy groups -OCH3 is 2. The van der Waals surface area contributed by atoms with Gasteiger partial charge >= 0.3 is 13.6 Å². The van der Waals surface area contributed by atoms with Crippen LogP contribution in [0.25, 0.3) is 20.2 Å². The summed E-state index contributed by atoms with van der Waals surface area (Å²) in [6.45, 7) is 3.60. The second kappa shape index (κ2) is 13.0. The lowest BCUT2D eigenvalue weighted by atomic mass is 9.87. The lowest BCUT2D eigenvalue weighted by Crippen LogP contribution is -2.26. The molecule has 4 aromatic rings. The highest BCUT2D eigenvalue weighted by Gasteiger charge is 2.31. The van der Waals surface area contributed by atoms with Gasteiger partial charge in [0.25, 0.3) is 0 Å². The number of carbonyl (C=O) groups excluding carboxylic acids is 2. The minimum atomic E-state index is -4.47. The fraction of sp³-hybridized carbons (Fsp3) is 0.345. The van der Waals surface area contributed by atoms with Crippen molar-refractivity contribution in [2.24, 2.45) is 5.41 Å². The number of hydrogen-bond acceptors (Lipinski definition) is 10. The first-order chi connectivity index (χ1) is 20.2. The van der Waals surface area contributed by atoms with Crippen molar-refractivity contribution < 1.29 is 52.8 Å². The number of aliphatic carboxylic acids is 1. The Morgan fingerprint density at radius 2 is 1.23 bits per heavy atom. The molecule has 0 bridgehead atoms. The number of hydrogen-bond donors (Lipinski definition) is 3. The van der Waals surface area contributed by atoms with Crippen LogP contribution in [-0.4, -0.2) is 66.0 Å². The normalized spacial score (nSPS) is 12.0. The molecule has 2 aromatic carbocycles. The summed E-state index contributed by atoms with van der Waals surface area (Å²) in [6.07, 6.45) is -0.472. The lowest BCUT2D eigenvalue weighted by molar-refractivity contribution is -0.146. The number of Topliss-reactive ketones (excluding diaryl/α,β-unsaturated/α-hetero) is 2. The number of carboxylic acid groups (broad SMARTS) is 1. The first kappa shape index (κ1) is 32.4. The van der Waals surface area contributed by atoms with Crippen LogP contribution in [0.15, 0.2) is 36.4 Å². The molecule has 0 fully saturated rings. The van der Waals surface area contributed by atoms with Gasteiger partial charge < -0.3 is 33.8 Å². The molecule has 0 unspecified atom stereocenters. The van der Waals surface area contributed by atoms with Crippen LogP contribution in [0.4, 0.5) is 0 Å². The SMILES string of the molecule is COc1cc2sc(C(=O)CC(C)(C)C(=O)O)cc2cc1OCCCOc1cc2cc(C(=O)CP(=O)(O)O)sc2cc1OC. The van der Waals surface area contributed by atoms with Crippen molar-refractivity contribution in [3.05, 3.63) is 46.2 Å². The third-order valence-corrected chi connectivity index (χ3v) is 9.47. The molecule has 0 radical (unpaired) electrons. The number of rotatable bonds is 15. The Morgan fingerprint density at radius 1 is 0.767 bits per heavy atom. The second-order valence-electron chi connectivity index (χ2n) is 10.4. The highest BCUT2D eigenvalue weighted by molar-refractivity contribution is 7.53. The van der Waals surface area contributed by atoms with E-state index in [1.807, 2.05) is 0 Å². The Labute approximate surface area is 255 Å². The van der Waals surface area contributed by atoms with Crippen LogP contribution in [0.1, 0.15) is 46.0 Å². The quantitative estimate of drug-likeness (QED) is 0.0782. The van der Waals surface area contributed by atoms with E-state index in [0.29, 0.717) is 44.4 Å². The number of ether oxygens (including phenoxy) is 4. The Morgan fingerprint density at radius 3 is 1.65 bits per heavy atom. The minimum absolute atomic E-state index is 0.115. The van der Waals surface area contributed by atoms with Crippen molar-refractivity contribution in [2.75, 3.05) is 33.6 Å². The summed E-state index contributed by atoms with van der Waals surface area (Å²) in [6, 6.07) is 10.3. The average molecular weight is 651 g/mol. The van der Waals surface area contributed by atoms with E-state index in [0.717, 1.165) is 21.4 Å². The third-order valence-electron chi connectivity index (χ3n) is 6.49. The van der Waals surface area contributed by atoms with Gasteiger partial charge in [0.1, 0.15) is 6.16 Å². The summed E-state index contributed by atoms with van der Waals surface area (Å²) in [7, 11) is -1.47. The monoisotopic (exact) mass is 650 g/mol. The molecule has 4 rings (SSSR count). The van der Waals surface area contributed by atoms with E-state index in [-0.39, 0.29) is 30.3 Å². The molecular weight excluding hydrogens is 619 g/mol. The molecule has 14 heteroatoms. The molecule has 0 atom stereocenters. The van der Waals surface area contributed by atoms with Crippen molar-refractivity contribution in [1.82, 2.24) is 0 Å². The van der Waals surface area contributed by atoms with Gasteiger partial charge in [0.2, 0.25) is 0 Å². The lowest BCUT2D eigenvalue weighted by Gasteiger charge is -2.16. The summed E-state index contributed by atoms with van der Waals surface area (Å²) in [5, 5.41) is 10.8. The van der Waals surface area contributed by atoms with Crippen molar-refractivity contribution in [2.45, 2.75) is 26.7 Å². The zero-order valence-corrected chi connectivity index (χ0v) is 26.4. The van der Waals surface area contributed by atoms with E-state index in [9.17, 15) is 24.1 Å². The molecule has 2 heterocycles. The zero-order valence-electron chi connectivity index (χ0n) is 23.9. The van der Waals surface area contributed by atoms with Crippen molar-refractivity contribution in [1.29, 1.82) is 0 Å². The van der Waals surface area contributed by atoms with Crippen LogP contribution in [-0.2, 0) is 9.36 Å². The number of fused-ring (bicyclic) bond motifs is 2. The maximum Gasteiger partial charge on any atom is 0.333 e. The van der Waals surface area contributed by atoms with E-state index in [2.05, 4.69) is 0 Å². The standard InChI is InChI=1S/C29H31O11PS2/c1-29(2,28(32)33)14-18(30)26-10-16-8-22(20(37-3)12-24(16)42-26)39-6-5-7-40-23-9-17-11-27(19(31)15-41(34,35)36)43-25(17)13-21(23)38-4/h8-13H,5-7,14-15H2,1-4H3,(H,32,33)(H2,34,35,36). The molecule has 43 heavy (non-hydrogen) atoms. The van der Waals surface area contributed by atoms with E-state index < -0.39 is 30.9 Å². The Hall–Kier alpha value is -3.48. The first-order valence-corrected chi connectivity index (χ1v) is 16.5. The predicted molar refractivity (Wildman–Crippen MR) is 164 cm³/mol. The second-order valence-corrected chi connectivity index (χ2v) is 14.2. The summed E-state index contributed by atoms with van der Waals surface area (Å²) >= 11 is 2.40. The van der Waals surface area contributed by atoms with E-state index in [4.69, 9.17) is 28.7 Å². The van der Waals surface area contributed by atoms with Crippen LogP contribution in [0.3, 0.4) is 0 Å². The van der Waals surface area contributed by atoms with Gasteiger partial charge in [0.05, 0.1) is 42.6 Å². The Balaban J connectivity index is 1.39. The molecule has 0 saturated heterocycles. The van der Waals surface area contributed by atoms with Gasteiger partial charge in [-0.3, -0.25) is 18.9 Å². The van der Waals surface area contributed by atoms with Crippen LogP contribution in [0.5, 0.6) is 23.0 Å². The molecule has 0 saturated carbocycles. The van der Waals surface area contributed by atoms with Gasteiger partial charge in [0.15, 0.2) is 34.6 Å². The van der Waals surface area contributed by atoms with Gasteiger partial charge in [-0.05, 0) is 48.9 Å². The molecule has 3 N–H and O–H groups in total. The molecular formula is C29H31O11PS2. The number of thiophene rings is 2. The third kappa shape index (κ3) is 7.92. The van der Waals surface area contributed by atoms with Crippen molar-refractivity contribution >= 4 is 68.0 Å². The maximum absolute atomic E-state index is 12.8. The van der Waals surface area contributed by atoms with Gasteiger partial charge in [-0.2, -0.15) is 0 Å². The van der Waals surface area contributed by atoms with Gasteiger partial charge in [-0.25, -0.2) is 0 Å². The fourth-order valence-corrected chi connectivity index (χ4v) is 6.84. The average Bonchev–Trinajstić information content (AvgIpc) is 3.54. The first-order valence-electron chi connectivity index (χ1n) is 13.0. The number of carboxylic acids is 1. The summed E-state index contributed by atoms with van der Waals surface area (Å²) in [4.78, 5) is 55.4. The summed E-state index contributed by atoms with van der Waals surface area (Å²) in [5.74, 6) is -0.0266. The van der Waals surface area contributed by atoms with E-state index in [1.165, 1.54) is 39.4 Å². The van der Waals surface area contributed by atoms with Gasteiger partial charge in [-0.15, -0.1) is 22.7 Å².